The van der Waals surface area contributed by atoms with Gasteiger partial charge in [-0.15, -0.1) is 5.92 Å². The van der Waals surface area contributed by atoms with Crippen molar-refractivity contribution in [3.8, 4) is 11.8 Å². The minimum Gasteiger partial charge on any atom is -0.462 e. The number of unbranched alkanes of at least 4 members (excludes halogenated alkanes) is 1. The smallest absolute Gasteiger partial charge is 0.339 e. The summed E-state index contributed by atoms with van der Waals surface area (Å²) in [5.74, 6) is 5.04. The molecule has 4 heteroatoms. The van der Waals surface area contributed by atoms with E-state index in [4.69, 9.17) is 9.47 Å². The highest BCUT2D eigenvalue weighted by Crippen LogP contribution is 2.15. The van der Waals surface area contributed by atoms with Gasteiger partial charge in [-0.25, -0.2) is 9.59 Å². The lowest BCUT2D eigenvalue weighted by molar-refractivity contribution is 0.0294. The Hall–Kier alpha value is -2.28. The minimum absolute atomic E-state index is 0.228. The molecule has 0 N–H and O–H groups in total. The molecule has 0 aromatic heterocycles. The van der Waals surface area contributed by atoms with Gasteiger partial charge in [0.25, 0.3) is 0 Å². The number of benzene rings is 1. The van der Waals surface area contributed by atoms with E-state index in [0.717, 1.165) is 12.8 Å². The summed E-state index contributed by atoms with van der Waals surface area (Å²) in [7, 11) is 0. The monoisotopic (exact) mass is 316 g/mol. The van der Waals surface area contributed by atoms with Crippen LogP contribution in [-0.2, 0) is 9.47 Å². The first-order valence-corrected chi connectivity index (χ1v) is 8.06. The summed E-state index contributed by atoms with van der Waals surface area (Å²) in [6.45, 7) is 5.99. The molecule has 0 spiro atoms. The maximum absolute atomic E-state index is 12.4. The first kappa shape index (κ1) is 18.8. The van der Waals surface area contributed by atoms with Crippen LogP contribution in [-0.4, -0.2) is 24.6 Å². The van der Waals surface area contributed by atoms with Crippen molar-refractivity contribution in [2.45, 2.75) is 52.6 Å². The van der Waals surface area contributed by atoms with Gasteiger partial charge in [-0.1, -0.05) is 31.9 Å². The molecule has 1 unspecified atom stereocenters. The quantitative estimate of drug-likeness (QED) is 0.564. The van der Waals surface area contributed by atoms with E-state index in [-0.39, 0.29) is 23.8 Å². The largest absolute Gasteiger partial charge is 0.462 e. The lowest BCUT2D eigenvalue weighted by Gasteiger charge is -2.15. The van der Waals surface area contributed by atoms with Crippen LogP contribution in [0.1, 0.15) is 67.2 Å². The van der Waals surface area contributed by atoms with E-state index in [1.165, 1.54) is 0 Å². The maximum atomic E-state index is 12.4. The molecule has 23 heavy (non-hydrogen) atoms. The zero-order valence-corrected chi connectivity index (χ0v) is 14.1. The van der Waals surface area contributed by atoms with Crippen LogP contribution in [0.2, 0.25) is 0 Å². The fraction of sp³-hybridized carbons (Fsp3) is 0.474. The van der Waals surface area contributed by atoms with Gasteiger partial charge in [0, 0.05) is 12.8 Å². The standard InChI is InChI=1S/C19H24O4/c1-4-7-8-9-12-15(5-2)23-19(21)17-14-11-10-13-16(17)18(20)22-6-3/h10-11,13-15H,4-7,12H2,1-3H3. The predicted octanol–water partition coefficient (Wildman–Crippen LogP) is 3.99. The molecule has 0 aliphatic rings. The van der Waals surface area contributed by atoms with Crippen LogP contribution in [0, 0.1) is 11.8 Å². The van der Waals surface area contributed by atoms with E-state index in [9.17, 15) is 9.59 Å². The summed E-state index contributed by atoms with van der Waals surface area (Å²) in [5.41, 5.74) is 0.456. The third-order valence-corrected chi connectivity index (χ3v) is 3.20. The van der Waals surface area contributed by atoms with Crippen LogP contribution >= 0.6 is 0 Å². The van der Waals surface area contributed by atoms with Crippen molar-refractivity contribution in [2.75, 3.05) is 6.61 Å². The van der Waals surface area contributed by atoms with Crippen LogP contribution in [0.5, 0.6) is 0 Å². The molecule has 0 radical (unpaired) electrons. The molecule has 0 heterocycles. The Morgan fingerprint density at radius 1 is 1.04 bits per heavy atom. The van der Waals surface area contributed by atoms with E-state index in [1.54, 1.807) is 31.2 Å². The van der Waals surface area contributed by atoms with Crippen LogP contribution in [0.15, 0.2) is 24.3 Å². The molecule has 0 saturated carbocycles. The lowest BCUT2D eigenvalue weighted by Crippen LogP contribution is -2.20. The number of carbonyl (C=O) groups is 2. The average molecular weight is 316 g/mol. The van der Waals surface area contributed by atoms with Crippen molar-refractivity contribution in [3.05, 3.63) is 35.4 Å². The van der Waals surface area contributed by atoms with E-state index < -0.39 is 11.9 Å². The number of hydrogen-bond acceptors (Lipinski definition) is 4. The summed E-state index contributed by atoms with van der Waals surface area (Å²) in [6.07, 6.45) is 2.76. The molecule has 0 bridgehead atoms. The fourth-order valence-electron chi connectivity index (χ4n) is 1.93. The fourth-order valence-corrected chi connectivity index (χ4v) is 1.93. The molecule has 4 nitrogen and oxygen atoms in total. The van der Waals surface area contributed by atoms with Gasteiger partial charge in [0.1, 0.15) is 6.10 Å². The first-order valence-electron chi connectivity index (χ1n) is 8.06. The van der Waals surface area contributed by atoms with Crippen LogP contribution in [0.3, 0.4) is 0 Å². The van der Waals surface area contributed by atoms with Gasteiger partial charge in [-0.3, -0.25) is 0 Å². The van der Waals surface area contributed by atoms with Crippen LogP contribution in [0.25, 0.3) is 0 Å². The number of esters is 2. The Bertz CT molecular complexity index is 581. The SMILES string of the molecule is CCCC#CCC(CC)OC(=O)c1ccccc1C(=O)OCC. The molecule has 0 fully saturated rings. The summed E-state index contributed by atoms with van der Waals surface area (Å²) < 4.78 is 10.5. The van der Waals surface area contributed by atoms with E-state index in [0.29, 0.717) is 12.8 Å². The van der Waals surface area contributed by atoms with Gasteiger partial charge in [0.15, 0.2) is 0 Å². The lowest BCUT2D eigenvalue weighted by atomic mass is 10.1. The Balaban J connectivity index is 2.81. The normalized spacial score (nSPS) is 11.1. The molecule has 0 aliphatic carbocycles. The summed E-state index contributed by atoms with van der Waals surface area (Å²) >= 11 is 0. The summed E-state index contributed by atoms with van der Waals surface area (Å²) in [6, 6.07) is 6.53. The average Bonchev–Trinajstić information content (AvgIpc) is 2.57. The predicted molar refractivity (Wildman–Crippen MR) is 89.2 cm³/mol. The highest BCUT2D eigenvalue weighted by molar-refractivity contribution is 6.03. The molecule has 1 aromatic carbocycles. The number of rotatable bonds is 7. The molecule has 1 rings (SSSR count). The van der Waals surface area contributed by atoms with Crippen molar-refractivity contribution in [1.29, 1.82) is 0 Å². The first-order chi connectivity index (χ1) is 11.1. The maximum Gasteiger partial charge on any atom is 0.339 e. The molecule has 1 aromatic rings. The van der Waals surface area contributed by atoms with Gasteiger partial charge in [0.2, 0.25) is 0 Å². The van der Waals surface area contributed by atoms with Crippen molar-refractivity contribution in [2.24, 2.45) is 0 Å². The number of carbonyl (C=O) groups excluding carboxylic acids is 2. The Morgan fingerprint density at radius 3 is 2.26 bits per heavy atom. The second-order valence-electron chi connectivity index (χ2n) is 5.01. The third-order valence-electron chi connectivity index (χ3n) is 3.20. The Labute approximate surface area is 138 Å². The Morgan fingerprint density at radius 2 is 1.70 bits per heavy atom. The molecular weight excluding hydrogens is 292 g/mol. The summed E-state index contributed by atoms with van der Waals surface area (Å²) in [4.78, 5) is 24.3. The molecule has 1 atom stereocenters. The van der Waals surface area contributed by atoms with Crippen molar-refractivity contribution < 1.29 is 19.1 Å². The zero-order valence-electron chi connectivity index (χ0n) is 14.1. The zero-order chi connectivity index (χ0) is 17.1. The second kappa shape index (κ2) is 10.4. The van der Waals surface area contributed by atoms with Crippen molar-refractivity contribution >= 4 is 11.9 Å². The number of hydrogen-bond donors (Lipinski definition) is 0. The van der Waals surface area contributed by atoms with Gasteiger partial charge >= 0.3 is 11.9 Å². The van der Waals surface area contributed by atoms with E-state index in [2.05, 4.69) is 18.8 Å². The topological polar surface area (TPSA) is 52.6 Å². The third kappa shape index (κ3) is 6.15. The molecule has 124 valence electrons. The van der Waals surface area contributed by atoms with Crippen LogP contribution in [0.4, 0.5) is 0 Å². The molecule has 0 saturated heterocycles. The molecular formula is C19H24O4. The Kier molecular flexibility index (Phi) is 8.52. The van der Waals surface area contributed by atoms with Gasteiger partial charge < -0.3 is 9.47 Å². The summed E-state index contributed by atoms with van der Waals surface area (Å²) in [5, 5.41) is 0. The molecule has 0 amide bonds. The van der Waals surface area contributed by atoms with Crippen LogP contribution < -0.4 is 0 Å². The van der Waals surface area contributed by atoms with Crippen molar-refractivity contribution in [1.82, 2.24) is 0 Å². The van der Waals surface area contributed by atoms with Gasteiger partial charge in [-0.2, -0.15) is 0 Å². The highest BCUT2D eigenvalue weighted by Gasteiger charge is 2.20. The van der Waals surface area contributed by atoms with E-state index >= 15 is 0 Å². The van der Waals surface area contributed by atoms with Crippen molar-refractivity contribution in [3.63, 3.8) is 0 Å². The number of ether oxygens (including phenoxy) is 2. The molecule has 0 aliphatic heterocycles. The highest BCUT2D eigenvalue weighted by atomic mass is 16.5. The minimum atomic E-state index is -0.518. The second-order valence-corrected chi connectivity index (χ2v) is 5.01. The van der Waals surface area contributed by atoms with Gasteiger partial charge in [0.05, 0.1) is 17.7 Å². The van der Waals surface area contributed by atoms with Gasteiger partial charge in [-0.05, 0) is 31.9 Å². The van der Waals surface area contributed by atoms with E-state index in [1.807, 2.05) is 6.92 Å².